The zero-order valence-corrected chi connectivity index (χ0v) is 11.9. The smallest absolute Gasteiger partial charge is 0.407 e. The quantitative estimate of drug-likeness (QED) is 0.795. The van der Waals surface area contributed by atoms with Crippen LogP contribution in [0.3, 0.4) is 0 Å². The van der Waals surface area contributed by atoms with Gasteiger partial charge in [0, 0.05) is 10.0 Å². The second kappa shape index (κ2) is 5.25. The highest BCUT2D eigenvalue weighted by atomic mass is 79.9. The highest BCUT2D eigenvalue weighted by molar-refractivity contribution is 9.11. The molecular formula is C9H8Br2ClNO3. The summed E-state index contributed by atoms with van der Waals surface area (Å²) in [5.41, 5.74) is 0.627. The third-order valence-electron chi connectivity index (χ3n) is 2.11. The minimum Gasteiger partial charge on any atom is -0.506 e. The number of hydrogen-bond acceptors (Lipinski definition) is 3. The average Bonchev–Trinajstić information content (AvgIpc) is 2.58. The van der Waals surface area contributed by atoms with Gasteiger partial charge >= 0.3 is 6.09 Å². The second-order valence-electron chi connectivity index (χ2n) is 3.12. The summed E-state index contributed by atoms with van der Waals surface area (Å²) in [7, 11) is 0. The van der Waals surface area contributed by atoms with E-state index in [4.69, 9.17) is 4.74 Å². The number of benzene rings is 1. The molecule has 1 aromatic carbocycles. The summed E-state index contributed by atoms with van der Waals surface area (Å²) in [4.78, 5) is 10.9. The number of carbonyl (C=O) groups excluding carboxylic acids is 1. The molecule has 7 heteroatoms. The number of phenolic OH excluding ortho intramolecular Hbond substituents is 1. The van der Waals surface area contributed by atoms with Crippen LogP contribution in [0.1, 0.15) is 11.6 Å². The van der Waals surface area contributed by atoms with Crippen molar-refractivity contribution in [1.82, 2.24) is 5.32 Å². The fourth-order valence-corrected chi connectivity index (χ4v) is 2.66. The van der Waals surface area contributed by atoms with Crippen LogP contribution in [0.5, 0.6) is 5.75 Å². The minimum atomic E-state index is -0.463. The van der Waals surface area contributed by atoms with Gasteiger partial charge in [-0.3, -0.25) is 0 Å². The van der Waals surface area contributed by atoms with E-state index in [1.165, 1.54) is 0 Å². The topological polar surface area (TPSA) is 58.6 Å². The zero-order valence-electron chi connectivity index (χ0n) is 7.87. The Morgan fingerprint density at radius 2 is 2.12 bits per heavy atom. The molecule has 1 aromatic rings. The van der Waals surface area contributed by atoms with Crippen molar-refractivity contribution in [2.75, 3.05) is 6.61 Å². The molecule has 1 aliphatic heterocycles. The van der Waals surface area contributed by atoms with Crippen LogP contribution in [-0.4, -0.2) is 17.8 Å². The standard InChI is InChI=1S/C9H7Br2NO3.ClH/c10-4-1-5(8(13)6(11)2-4)7-3-15-9(14)12-7;/h1-2,7,13H,3H2,(H,12,14);1H/t7-;/m0./s1. The first-order valence-electron chi connectivity index (χ1n) is 4.19. The lowest BCUT2D eigenvalue weighted by molar-refractivity contribution is 0.177. The van der Waals surface area contributed by atoms with E-state index in [2.05, 4.69) is 37.2 Å². The van der Waals surface area contributed by atoms with Crippen LogP contribution in [0.2, 0.25) is 0 Å². The molecule has 0 spiro atoms. The summed E-state index contributed by atoms with van der Waals surface area (Å²) in [5, 5.41) is 12.4. The predicted molar refractivity (Wildman–Crippen MR) is 68.0 cm³/mol. The van der Waals surface area contributed by atoms with Crippen molar-refractivity contribution < 1.29 is 14.6 Å². The van der Waals surface area contributed by atoms with E-state index in [1.807, 2.05) is 0 Å². The van der Waals surface area contributed by atoms with Crippen molar-refractivity contribution in [3.63, 3.8) is 0 Å². The van der Waals surface area contributed by atoms with Gasteiger partial charge in [0.25, 0.3) is 0 Å². The van der Waals surface area contributed by atoms with Gasteiger partial charge in [0.05, 0.1) is 10.5 Å². The van der Waals surface area contributed by atoms with Crippen LogP contribution in [0.15, 0.2) is 21.1 Å². The number of cyclic esters (lactones) is 1. The maximum atomic E-state index is 10.9. The van der Waals surface area contributed by atoms with Gasteiger partial charge in [0.1, 0.15) is 12.4 Å². The van der Waals surface area contributed by atoms with Crippen LogP contribution < -0.4 is 5.32 Å². The molecule has 1 heterocycles. The molecule has 1 atom stereocenters. The molecule has 88 valence electrons. The van der Waals surface area contributed by atoms with Crippen LogP contribution in [0.4, 0.5) is 4.79 Å². The number of ether oxygens (including phenoxy) is 1. The Morgan fingerprint density at radius 3 is 2.69 bits per heavy atom. The number of alkyl carbamates (subject to hydrolysis) is 1. The van der Waals surface area contributed by atoms with Crippen molar-refractivity contribution in [2.24, 2.45) is 0 Å². The molecule has 16 heavy (non-hydrogen) atoms. The fourth-order valence-electron chi connectivity index (χ4n) is 1.40. The van der Waals surface area contributed by atoms with Crippen LogP contribution in [-0.2, 0) is 4.74 Å². The maximum absolute atomic E-state index is 10.9. The molecule has 0 bridgehead atoms. The monoisotopic (exact) mass is 371 g/mol. The number of nitrogens with one attached hydrogen (secondary N) is 1. The number of amides is 1. The fraction of sp³-hybridized carbons (Fsp3) is 0.222. The SMILES string of the molecule is Cl.O=C1N[C@H](c2cc(Br)cc(Br)c2O)CO1. The number of rotatable bonds is 1. The molecule has 4 nitrogen and oxygen atoms in total. The lowest BCUT2D eigenvalue weighted by atomic mass is 10.1. The Bertz CT molecular complexity index is 427. The zero-order chi connectivity index (χ0) is 11.0. The third kappa shape index (κ3) is 2.61. The summed E-state index contributed by atoms with van der Waals surface area (Å²) >= 11 is 6.54. The Balaban J connectivity index is 0.00000128. The number of carbonyl (C=O) groups is 1. The van der Waals surface area contributed by atoms with E-state index < -0.39 is 6.09 Å². The Labute approximate surface area is 115 Å². The number of halogens is 3. The van der Waals surface area contributed by atoms with Gasteiger partial charge < -0.3 is 15.2 Å². The number of hydrogen-bond donors (Lipinski definition) is 2. The molecule has 1 saturated heterocycles. The molecule has 2 N–H and O–H groups in total. The van der Waals surface area contributed by atoms with E-state index in [0.717, 1.165) is 4.47 Å². The van der Waals surface area contributed by atoms with Gasteiger partial charge in [0.15, 0.2) is 0 Å². The Hall–Kier alpha value is -0.460. The first-order valence-corrected chi connectivity index (χ1v) is 5.77. The van der Waals surface area contributed by atoms with Crippen molar-refractivity contribution >= 4 is 50.4 Å². The molecule has 0 radical (unpaired) electrons. The summed E-state index contributed by atoms with van der Waals surface area (Å²) in [6.45, 7) is 0.231. The molecule has 1 fully saturated rings. The molecule has 1 aliphatic rings. The number of phenols is 1. The average molecular weight is 373 g/mol. The Kier molecular flexibility index (Phi) is 4.46. The lowest BCUT2D eigenvalue weighted by Crippen LogP contribution is -2.18. The molecule has 0 aliphatic carbocycles. The van der Waals surface area contributed by atoms with Crippen molar-refractivity contribution in [3.8, 4) is 5.75 Å². The first kappa shape index (κ1) is 13.6. The Morgan fingerprint density at radius 1 is 1.44 bits per heavy atom. The normalized spacial score (nSPS) is 18.6. The second-order valence-corrected chi connectivity index (χ2v) is 4.89. The van der Waals surface area contributed by atoms with Crippen molar-refractivity contribution in [2.45, 2.75) is 6.04 Å². The van der Waals surface area contributed by atoms with Crippen molar-refractivity contribution in [1.29, 1.82) is 0 Å². The van der Waals surface area contributed by atoms with Crippen LogP contribution in [0, 0.1) is 0 Å². The number of aromatic hydroxyl groups is 1. The first-order chi connectivity index (χ1) is 7.08. The van der Waals surface area contributed by atoms with Crippen molar-refractivity contribution in [3.05, 3.63) is 26.6 Å². The predicted octanol–water partition coefficient (Wildman–Crippen LogP) is 3.12. The van der Waals surface area contributed by atoms with Gasteiger partial charge in [-0.05, 0) is 28.1 Å². The van der Waals surface area contributed by atoms with E-state index in [0.29, 0.717) is 10.0 Å². The van der Waals surface area contributed by atoms with E-state index in [9.17, 15) is 9.90 Å². The van der Waals surface area contributed by atoms with E-state index in [1.54, 1.807) is 12.1 Å². The summed E-state index contributed by atoms with van der Waals surface area (Å²) in [6, 6.07) is 3.18. The van der Waals surface area contributed by atoms with Gasteiger partial charge in [-0.25, -0.2) is 4.79 Å². The van der Waals surface area contributed by atoms with E-state index in [-0.39, 0.29) is 30.8 Å². The van der Waals surface area contributed by atoms with Gasteiger partial charge in [-0.15, -0.1) is 12.4 Å². The maximum Gasteiger partial charge on any atom is 0.407 e. The van der Waals surface area contributed by atoms with Crippen LogP contribution >= 0.6 is 44.3 Å². The molecule has 2 rings (SSSR count). The molecule has 1 amide bonds. The summed E-state index contributed by atoms with van der Waals surface area (Å²) < 4.78 is 6.16. The highest BCUT2D eigenvalue weighted by Crippen LogP contribution is 2.36. The molecule has 0 unspecified atom stereocenters. The summed E-state index contributed by atoms with van der Waals surface area (Å²) in [6.07, 6.45) is -0.463. The molecule has 0 saturated carbocycles. The molecule has 0 aromatic heterocycles. The minimum absolute atomic E-state index is 0. The largest absolute Gasteiger partial charge is 0.506 e. The third-order valence-corrected chi connectivity index (χ3v) is 3.17. The van der Waals surface area contributed by atoms with Gasteiger partial charge in [-0.2, -0.15) is 0 Å². The highest BCUT2D eigenvalue weighted by Gasteiger charge is 2.27. The van der Waals surface area contributed by atoms with E-state index >= 15 is 0 Å². The lowest BCUT2D eigenvalue weighted by Gasteiger charge is -2.11. The van der Waals surface area contributed by atoms with Gasteiger partial charge in [0.2, 0.25) is 0 Å². The summed E-state index contributed by atoms with van der Waals surface area (Å²) in [5.74, 6) is 0.119. The molecular weight excluding hydrogens is 365 g/mol. The van der Waals surface area contributed by atoms with Crippen LogP contribution in [0.25, 0.3) is 0 Å². The van der Waals surface area contributed by atoms with Gasteiger partial charge in [-0.1, -0.05) is 15.9 Å².